The molecule has 3 aromatic rings. The van der Waals surface area contributed by atoms with E-state index in [2.05, 4.69) is 10.3 Å². The number of hydrogen-bond acceptors (Lipinski definition) is 4. The lowest BCUT2D eigenvalue weighted by molar-refractivity contribution is 0.0361. The van der Waals surface area contributed by atoms with E-state index >= 15 is 0 Å². The van der Waals surface area contributed by atoms with Crippen molar-refractivity contribution in [3.63, 3.8) is 0 Å². The lowest BCUT2D eigenvalue weighted by Crippen LogP contribution is -2.45. The van der Waals surface area contributed by atoms with Crippen LogP contribution >= 0.6 is 11.8 Å². The van der Waals surface area contributed by atoms with E-state index in [9.17, 15) is 9.90 Å². The third kappa shape index (κ3) is 3.52. The van der Waals surface area contributed by atoms with E-state index in [0.717, 1.165) is 5.56 Å². The van der Waals surface area contributed by atoms with Gasteiger partial charge in [0, 0.05) is 16.7 Å². The molecule has 0 saturated heterocycles. The molecule has 1 amide bonds. The van der Waals surface area contributed by atoms with Gasteiger partial charge in [0.25, 0.3) is 5.91 Å². The Balaban J connectivity index is 1.69. The maximum atomic E-state index is 12.7. The average Bonchev–Trinajstić information content (AvgIpc) is 3.07. The minimum Gasteiger partial charge on any atom is -0.363 e. The summed E-state index contributed by atoms with van der Waals surface area (Å²) in [4.78, 5) is 17.3. The summed E-state index contributed by atoms with van der Waals surface area (Å²) < 4.78 is 0. The molecule has 0 radical (unpaired) electrons. The van der Waals surface area contributed by atoms with Crippen LogP contribution in [0.4, 0.5) is 0 Å². The molecule has 0 spiro atoms. The van der Waals surface area contributed by atoms with E-state index in [1.54, 1.807) is 12.1 Å². The quantitative estimate of drug-likeness (QED) is 0.731. The first-order valence-corrected chi connectivity index (χ1v) is 9.50. The summed E-state index contributed by atoms with van der Waals surface area (Å²) in [5.74, 6) is -0.244. The van der Waals surface area contributed by atoms with E-state index in [1.807, 2.05) is 78.9 Å². The van der Waals surface area contributed by atoms with Gasteiger partial charge in [-0.2, -0.15) is 0 Å². The molecular formula is C22H18N2O2S. The van der Waals surface area contributed by atoms with Crippen molar-refractivity contribution in [3.05, 3.63) is 108 Å². The molecule has 3 aromatic carbocycles. The molecule has 0 bridgehead atoms. The number of nitrogens with zero attached hydrogens (tertiary/aromatic N) is 1. The second kappa shape index (κ2) is 7.39. The van der Waals surface area contributed by atoms with Crippen molar-refractivity contribution in [1.29, 1.82) is 0 Å². The van der Waals surface area contributed by atoms with E-state index in [4.69, 9.17) is 0 Å². The molecule has 0 aliphatic carbocycles. The lowest BCUT2D eigenvalue weighted by Gasteiger charge is -2.27. The summed E-state index contributed by atoms with van der Waals surface area (Å²) in [6, 6.07) is 27.9. The van der Waals surface area contributed by atoms with Gasteiger partial charge < -0.3 is 10.4 Å². The van der Waals surface area contributed by atoms with Crippen LogP contribution in [0.3, 0.4) is 0 Å². The molecule has 4 rings (SSSR count). The van der Waals surface area contributed by atoms with Crippen molar-refractivity contribution in [2.24, 2.45) is 4.99 Å². The van der Waals surface area contributed by atoms with Crippen molar-refractivity contribution in [2.75, 3.05) is 0 Å². The van der Waals surface area contributed by atoms with Gasteiger partial charge >= 0.3 is 0 Å². The summed E-state index contributed by atoms with van der Waals surface area (Å²) in [6.45, 7) is 0. The molecule has 134 valence electrons. The molecule has 0 fully saturated rings. The van der Waals surface area contributed by atoms with Gasteiger partial charge in [0.15, 0.2) is 0 Å². The van der Waals surface area contributed by atoms with Gasteiger partial charge in [0.05, 0.1) is 0 Å². The molecule has 0 unspecified atom stereocenters. The van der Waals surface area contributed by atoms with E-state index < -0.39 is 11.1 Å². The van der Waals surface area contributed by atoms with Crippen molar-refractivity contribution >= 4 is 22.7 Å². The van der Waals surface area contributed by atoms with Gasteiger partial charge in [-0.1, -0.05) is 90.6 Å². The molecule has 1 aliphatic rings. The Morgan fingerprint density at radius 2 is 1.44 bits per heavy atom. The standard InChI is InChI=1S/C22H18N2O2S/c25-19(16-10-4-1-5-11-16)23-21-22(26,18-14-8-3-9-15-18)24-20(27-21)17-12-6-2-7-13-17/h1-15,21,26H,(H,23,25)/t21-,22+/m0/s1. The van der Waals surface area contributed by atoms with Crippen LogP contribution < -0.4 is 5.32 Å². The molecule has 2 atom stereocenters. The fraction of sp³-hybridized carbons (Fsp3) is 0.0909. The van der Waals surface area contributed by atoms with Gasteiger partial charge in [0.1, 0.15) is 10.4 Å². The second-order valence-electron chi connectivity index (χ2n) is 6.21. The summed E-state index contributed by atoms with van der Waals surface area (Å²) in [5.41, 5.74) is 0.554. The Hall–Kier alpha value is -2.89. The van der Waals surface area contributed by atoms with Crippen molar-refractivity contribution in [1.82, 2.24) is 5.32 Å². The molecule has 1 aliphatic heterocycles. The number of carbonyl (C=O) groups excluding carboxylic acids is 1. The SMILES string of the molecule is O=C(N[C@H]1SC(c2ccccc2)=N[C@@]1(O)c1ccccc1)c1ccccc1. The second-order valence-corrected chi connectivity index (χ2v) is 7.31. The highest BCUT2D eigenvalue weighted by molar-refractivity contribution is 8.15. The highest BCUT2D eigenvalue weighted by atomic mass is 32.2. The number of thioether (sulfide) groups is 1. The number of benzene rings is 3. The smallest absolute Gasteiger partial charge is 0.252 e. The number of hydrogen-bond donors (Lipinski definition) is 2. The zero-order chi connectivity index (χ0) is 18.7. The minimum absolute atomic E-state index is 0.244. The van der Waals surface area contributed by atoms with Crippen molar-refractivity contribution < 1.29 is 9.90 Å². The molecule has 27 heavy (non-hydrogen) atoms. The predicted octanol–water partition coefficient (Wildman–Crippen LogP) is 3.78. The highest BCUT2D eigenvalue weighted by Gasteiger charge is 2.46. The van der Waals surface area contributed by atoms with Gasteiger partial charge in [-0.05, 0) is 12.1 Å². The Labute approximate surface area is 162 Å². The molecular weight excluding hydrogens is 356 g/mol. The summed E-state index contributed by atoms with van der Waals surface area (Å²) >= 11 is 1.36. The number of nitrogens with one attached hydrogen (secondary N) is 1. The largest absolute Gasteiger partial charge is 0.363 e. The Morgan fingerprint density at radius 3 is 2.07 bits per heavy atom. The first-order chi connectivity index (χ1) is 13.2. The summed E-state index contributed by atoms with van der Waals surface area (Å²) in [6.07, 6.45) is 0. The third-order valence-electron chi connectivity index (χ3n) is 4.38. The van der Waals surface area contributed by atoms with Crippen LogP contribution in [-0.4, -0.2) is 21.4 Å². The van der Waals surface area contributed by atoms with Crippen LogP contribution in [-0.2, 0) is 5.72 Å². The van der Waals surface area contributed by atoms with Crippen molar-refractivity contribution in [3.8, 4) is 0 Å². The Bertz CT molecular complexity index is 961. The Kier molecular flexibility index (Phi) is 4.79. The number of rotatable bonds is 4. The maximum Gasteiger partial charge on any atom is 0.252 e. The monoisotopic (exact) mass is 374 g/mol. The van der Waals surface area contributed by atoms with Crippen molar-refractivity contribution in [2.45, 2.75) is 11.1 Å². The molecule has 1 heterocycles. The number of aliphatic imine (C=N–C) groups is 1. The summed E-state index contributed by atoms with van der Waals surface area (Å²) in [7, 11) is 0. The Morgan fingerprint density at radius 1 is 0.889 bits per heavy atom. The van der Waals surface area contributed by atoms with Crippen LogP contribution in [0.1, 0.15) is 21.5 Å². The number of carbonyl (C=O) groups is 1. The fourth-order valence-corrected chi connectivity index (χ4v) is 4.17. The molecule has 0 aromatic heterocycles. The van der Waals surface area contributed by atoms with Gasteiger partial charge in [-0.3, -0.25) is 4.79 Å². The zero-order valence-corrected chi connectivity index (χ0v) is 15.3. The molecule has 0 saturated carbocycles. The van der Waals surface area contributed by atoms with Gasteiger partial charge in [-0.25, -0.2) is 4.99 Å². The molecule has 4 nitrogen and oxygen atoms in total. The highest BCUT2D eigenvalue weighted by Crippen LogP contribution is 2.41. The maximum absolute atomic E-state index is 12.7. The third-order valence-corrected chi connectivity index (χ3v) is 5.62. The average molecular weight is 374 g/mol. The minimum atomic E-state index is -1.54. The lowest BCUT2D eigenvalue weighted by atomic mass is 10.0. The van der Waals surface area contributed by atoms with Crippen LogP contribution in [0, 0.1) is 0 Å². The van der Waals surface area contributed by atoms with Crippen LogP contribution in [0.25, 0.3) is 0 Å². The number of amides is 1. The topological polar surface area (TPSA) is 61.7 Å². The van der Waals surface area contributed by atoms with Crippen LogP contribution in [0.2, 0.25) is 0 Å². The van der Waals surface area contributed by atoms with Crippen LogP contribution in [0.15, 0.2) is 96.0 Å². The normalized spacial score (nSPS) is 21.5. The van der Waals surface area contributed by atoms with E-state index in [1.165, 1.54) is 11.8 Å². The first-order valence-electron chi connectivity index (χ1n) is 8.62. The predicted molar refractivity (Wildman–Crippen MR) is 109 cm³/mol. The van der Waals surface area contributed by atoms with E-state index in [0.29, 0.717) is 16.2 Å². The first kappa shape index (κ1) is 17.5. The van der Waals surface area contributed by atoms with Crippen LogP contribution in [0.5, 0.6) is 0 Å². The summed E-state index contributed by atoms with van der Waals surface area (Å²) in [5, 5.41) is 14.4. The zero-order valence-electron chi connectivity index (χ0n) is 14.4. The van der Waals surface area contributed by atoms with Gasteiger partial charge in [-0.15, -0.1) is 0 Å². The van der Waals surface area contributed by atoms with Gasteiger partial charge in [0.2, 0.25) is 5.72 Å². The fourth-order valence-electron chi connectivity index (χ4n) is 2.97. The van der Waals surface area contributed by atoms with E-state index in [-0.39, 0.29) is 5.91 Å². The molecule has 5 heteroatoms. The molecule has 2 N–H and O–H groups in total. The number of aliphatic hydroxyl groups is 1.